The number of rotatable bonds is 22. The summed E-state index contributed by atoms with van der Waals surface area (Å²) in [5.41, 5.74) is 8.59. The van der Waals surface area contributed by atoms with E-state index >= 15 is 0 Å². The minimum Gasteiger partial charge on any atom is -0.459 e. The highest BCUT2D eigenvalue weighted by molar-refractivity contribution is 5.69. The van der Waals surface area contributed by atoms with Crippen molar-refractivity contribution in [3.05, 3.63) is 11.6 Å². The molecule has 4 rings (SSSR count). The summed E-state index contributed by atoms with van der Waals surface area (Å²) in [5, 5.41) is 0. The van der Waals surface area contributed by atoms with E-state index in [1.807, 2.05) is 0 Å². The fourth-order valence-corrected chi connectivity index (χ4v) is 11.4. The van der Waals surface area contributed by atoms with E-state index in [1.54, 1.807) is 5.57 Å². The summed E-state index contributed by atoms with van der Waals surface area (Å²) < 4.78 is 12.2. The Morgan fingerprint density at radius 1 is 0.854 bits per heavy atom. The molecule has 0 heterocycles. The van der Waals surface area contributed by atoms with E-state index in [1.165, 1.54) is 116 Å². The number of nitrogens with two attached hydrogens (primary N) is 1. The summed E-state index contributed by atoms with van der Waals surface area (Å²) in [4.78, 5) is 12.6. The van der Waals surface area contributed by atoms with Crippen molar-refractivity contribution in [1.82, 2.24) is 0 Å². The molecule has 4 heteroatoms. The number of esters is 1. The molecule has 3 saturated carbocycles. The number of hydrogen-bond acceptors (Lipinski definition) is 4. The molecule has 4 nitrogen and oxygen atoms in total. The lowest BCUT2D eigenvalue weighted by Crippen LogP contribution is -2.51. The average Bonchev–Trinajstić information content (AvgIpc) is 3.42. The first kappa shape index (κ1) is 39.9. The summed E-state index contributed by atoms with van der Waals surface area (Å²) in [6.07, 6.45) is 31.8. The molecule has 0 aromatic heterocycles. The third-order valence-corrected chi connectivity index (χ3v) is 14.3. The lowest BCUT2D eigenvalue weighted by atomic mass is 9.47. The fourth-order valence-electron chi connectivity index (χ4n) is 11.4. The van der Waals surface area contributed by atoms with Gasteiger partial charge in [0.25, 0.3) is 0 Å². The van der Waals surface area contributed by atoms with Crippen LogP contribution in [0.25, 0.3) is 0 Å². The van der Waals surface area contributed by atoms with Crippen LogP contribution >= 0.6 is 0 Å². The fraction of sp³-hybridized carbons (Fsp3) is 0.932. The summed E-state index contributed by atoms with van der Waals surface area (Å²) in [6, 6.07) is 0. The SMILES string of the molecule is CCCCCCCCCCCCCC(=O)OC(CN)COC1CC[C@@]2(C)C(=CCC3C2CC[C@@]2(C)C3CC[C@@H]2[C@H](C)CCCC(C)C)C1. The normalized spacial score (nSPS) is 32.7. The van der Waals surface area contributed by atoms with Gasteiger partial charge in [-0.2, -0.15) is 0 Å². The number of ether oxygens (including phenoxy) is 2. The van der Waals surface area contributed by atoms with Gasteiger partial charge in [0.2, 0.25) is 0 Å². The molecule has 4 aliphatic carbocycles. The van der Waals surface area contributed by atoms with Gasteiger partial charge >= 0.3 is 5.97 Å². The van der Waals surface area contributed by atoms with Crippen molar-refractivity contribution < 1.29 is 14.3 Å². The number of hydrogen-bond donors (Lipinski definition) is 1. The van der Waals surface area contributed by atoms with E-state index in [-0.39, 0.29) is 18.2 Å². The van der Waals surface area contributed by atoms with Crippen LogP contribution < -0.4 is 5.73 Å². The Hall–Kier alpha value is -0.870. The molecule has 9 atom stereocenters. The molecule has 0 saturated heterocycles. The van der Waals surface area contributed by atoms with Gasteiger partial charge in [-0.05, 0) is 104 Å². The summed E-state index contributed by atoms with van der Waals surface area (Å²) >= 11 is 0. The minimum atomic E-state index is -0.331. The molecule has 0 aromatic carbocycles. The zero-order valence-corrected chi connectivity index (χ0v) is 32.7. The summed E-state index contributed by atoms with van der Waals surface area (Å²) in [7, 11) is 0. The van der Waals surface area contributed by atoms with Crippen molar-refractivity contribution in [2.75, 3.05) is 13.2 Å². The Kier molecular flexibility index (Phi) is 16.3. The van der Waals surface area contributed by atoms with Crippen LogP contribution in [0.1, 0.15) is 189 Å². The second kappa shape index (κ2) is 19.7. The van der Waals surface area contributed by atoms with Crippen LogP contribution in [0.5, 0.6) is 0 Å². The largest absolute Gasteiger partial charge is 0.459 e. The first-order chi connectivity index (χ1) is 23.1. The standard InChI is InChI=1S/C44H79NO3/c1-7-8-9-10-11-12-13-14-15-16-17-21-42(46)48-37(31-45)32-47-36-26-28-43(5)35(30-36)22-23-38-40-25-24-39(34(4)20-18-19-33(2)3)44(40,6)29-27-41(38)43/h22,33-34,36-41H,7-21,23-32,45H2,1-6H3/t34-,36?,37?,38?,39-,40?,41?,43+,44-/m1/s1. The third kappa shape index (κ3) is 10.6. The zero-order chi connectivity index (χ0) is 34.6. The van der Waals surface area contributed by atoms with Gasteiger partial charge in [0, 0.05) is 13.0 Å². The van der Waals surface area contributed by atoms with Gasteiger partial charge in [-0.15, -0.1) is 0 Å². The lowest BCUT2D eigenvalue weighted by molar-refractivity contribution is -0.153. The van der Waals surface area contributed by atoms with Gasteiger partial charge in [0.05, 0.1) is 12.7 Å². The van der Waals surface area contributed by atoms with E-state index in [2.05, 4.69) is 47.6 Å². The van der Waals surface area contributed by atoms with E-state index < -0.39 is 0 Å². The van der Waals surface area contributed by atoms with Gasteiger partial charge in [-0.25, -0.2) is 0 Å². The van der Waals surface area contributed by atoms with Crippen LogP contribution in [-0.4, -0.2) is 31.3 Å². The topological polar surface area (TPSA) is 61.5 Å². The highest BCUT2D eigenvalue weighted by atomic mass is 16.6. The quantitative estimate of drug-likeness (QED) is 0.0708. The molecule has 4 aliphatic rings. The van der Waals surface area contributed by atoms with Crippen molar-refractivity contribution in [3.63, 3.8) is 0 Å². The van der Waals surface area contributed by atoms with Crippen LogP contribution in [0.2, 0.25) is 0 Å². The Labute approximate surface area is 297 Å². The van der Waals surface area contributed by atoms with Crippen molar-refractivity contribution in [3.8, 4) is 0 Å². The van der Waals surface area contributed by atoms with Gasteiger partial charge in [0.1, 0.15) is 6.10 Å². The number of carbonyl (C=O) groups is 1. The Morgan fingerprint density at radius 2 is 1.54 bits per heavy atom. The highest BCUT2D eigenvalue weighted by Gasteiger charge is 2.59. The second-order valence-corrected chi connectivity index (χ2v) is 18.1. The lowest BCUT2D eigenvalue weighted by Gasteiger charge is -2.58. The van der Waals surface area contributed by atoms with Crippen LogP contribution in [0.15, 0.2) is 11.6 Å². The van der Waals surface area contributed by atoms with Crippen molar-refractivity contribution in [1.29, 1.82) is 0 Å². The molecule has 0 bridgehead atoms. The Balaban J connectivity index is 1.16. The predicted molar refractivity (Wildman–Crippen MR) is 203 cm³/mol. The maximum atomic E-state index is 12.6. The van der Waals surface area contributed by atoms with Gasteiger partial charge in [-0.3, -0.25) is 4.79 Å². The monoisotopic (exact) mass is 670 g/mol. The molecular formula is C44H79NO3. The molecular weight excluding hydrogens is 590 g/mol. The van der Waals surface area contributed by atoms with E-state index in [9.17, 15) is 4.79 Å². The smallest absolute Gasteiger partial charge is 0.306 e. The average molecular weight is 670 g/mol. The van der Waals surface area contributed by atoms with Crippen molar-refractivity contribution in [2.24, 2.45) is 52.1 Å². The summed E-state index contributed by atoms with van der Waals surface area (Å²) in [5.74, 6) is 5.12. The highest BCUT2D eigenvalue weighted by Crippen LogP contribution is 2.67. The molecule has 0 spiro atoms. The van der Waals surface area contributed by atoms with Gasteiger partial charge < -0.3 is 15.2 Å². The maximum absolute atomic E-state index is 12.6. The molecule has 278 valence electrons. The first-order valence-corrected chi connectivity index (χ1v) is 21.3. The van der Waals surface area contributed by atoms with Gasteiger partial charge in [0.15, 0.2) is 0 Å². The number of fused-ring (bicyclic) bond motifs is 5. The van der Waals surface area contributed by atoms with Crippen LogP contribution in [0.4, 0.5) is 0 Å². The molecule has 0 radical (unpaired) electrons. The molecule has 5 unspecified atom stereocenters. The number of unbranched alkanes of at least 4 members (excludes halogenated alkanes) is 10. The van der Waals surface area contributed by atoms with E-state index in [0.29, 0.717) is 30.4 Å². The minimum absolute atomic E-state index is 0.106. The zero-order valence-electron chi connectivity index (χ0n) is 32.7. The number of allylic oxidation sites excluding steroid dienone is 1. The maximum Gasteiger partial charge on any atom is 0.306 e. The molecule has 0 aliphatic heterocycles. The molecule has 2 N–H and O–H groups in total. The van der Waals surface area contributed by atoms with Gasteiger partial charge in [-0.1, -0.05) is 137 Å². The Bertz CT molecular complexity index is 976. The molecule has 3 fully saturated rings. The van der Waals surface area contributed by atoms with Crippen molar-refractivity contribution >= 4 is 5.97 Å². The van der Waals surface area contributed by atoms with E-state index in [0.717, 1.165) is 61.2 Å². The predicted octanol–water partition coefficient (Wildman–Crippen LogP) is 12.0. The second-order valence-electron chi connectivity index (χ2n) is 18.1. The summed E-state index contributed by atoms with van der Waals surface area (Å²) in [6.45, 7) is 15.7. The third-order valence-electron chi connectivity index (χ3n) is 14.3. The number of carbonyl (C=O) groups excluding carboxylic acids is 1. The Morgan fingerprint density at radius 3 is 2.21 bits per heavy atom. The molecule has 0 aromatic rings. The molecule has 48 heavy (non-hydrogen) atoms. The van der Waals surface area contributed by atoms with E-state index in [4.69, 9.17) is 15.2 Å². The first-order valence-electron chi connectivity index (χ1n) is 21.3. The van der Waals surface area contributed by atoms with Crippen LogP contribution in [0, 0.1) is 46.3 Å². The molecule has 0 amide bonds. The van der Waals surface area contributed by atoms with Crippen LogP contribution in [0.3, 0.4) is 0 Å². The van der Waals surface area contributed by atoms with Crippen molar-refractivity contribution in [2.45, 2.75) is 201 Å². The van der Waals surface area contributed by atoms with Crippen LogP contribution in [-0.2, 0) is 14.3 Å².